The molecule has 236 valence electrons. The highest BCUT2D eigenvalue weighted by molar-refractivity contribution is 7.91. The summed E-state index contributed by atoms with van der Waals surface area (Å²) in [6.07, 6.45) is 7.75. The van der Waals surface area contributed by atoms with E-state index in [9.17, 15) is 13.5 Å². The van der Waals surface area contributed by atoms with Gasteiger partial charge in [0.15, 0.2) is 9.84 Å². The van der Waals surface area contributed by atoms with Crippen molar-refractivity contribution in [2.24, 2.45) is 0 Å². The Morgan fingerprint density at radius 3 is 2.55 bits per heavy atom. The van der Waals surface area contributed by atoms with Crippen LogP contribution >= 0.6 is 0 Å². The lowest BCUT2D eigenvalue weighted by atomic mass is 9.95. The number of benzene rings is 2. The van der Waals surface area contributed by atoms with Gasteiger partial charge in [-0.3, -0.25) is 4.90 Å². The first kappa shape index (κ1) is 29.7. The van der Waals surface area contributed by atoms with Crippen molar-refractivity contribution in [1.82, 2.24) is 14.9 Å². The second kappa shape index (κ2) is 11.8. The lowest BCUT2D eigenvalue weighted by Crippen LogP contribution is -2.43. The summed E-state index contributed by atoms with van der Waals surface area (Å²) in [6, 6.07) is 13.4. The van der Waals surface area contributed by atoms with Crippen molar-refractivity contribution in [2.75, 3.05) is 55.4 Å². The summed E-state index contributed by atoms with van der Waals surface area (Å²) in [5.41, 5.74) is 4.63. The first-order valence-electron chi connectivity index (χ1n) is 16.4. The van der Waals surface area contributed by atoms with Crippen LogP contribution in [0.1, 0.15) is 62.3 Å². The molecule has 44 heavy (non-hydrogen) atoms. The molecule has 0 amide bonds. The molecule has 2 atom stereocenters. The number of nitrogens with zero attached hydrogens (tertiary/aromatic N) is 5. The number of anilines is 2. The molecule has 3 fully saturated rings. The first-order chi connectivity index (χ1) is 21.2. The number of aliphatic hydroxyl groups excluding tert-OH is 1. The van der Waals surface area contributed by atoms with E-state index in [4.69, 9.17) is 14.7 Å². The third-order valence-electron chi connectivity index (χ3n) is 10.6. The number of hydrogen-bond acceptors (Lipinski definition) is 9. The summed E-state index contributed by atoms with van der Waals surface area (Å²) < 4.78 is 32.0. The van der Waals surface area contributed by atoms with E-state index >= 15 is 0 Å². The van der Waals surface area contributed by atoms with E-state index in [1.54, 1.807) is 0 Å². The summed E-state index contributed by atoms with van der Waals surface area (Å²) >= 11 is 0. The third kappa shape index (κ3) is 5.54. The summed E-state index contributed by atoms with van der Waals surface area (Å²) in [7, 11) is -3.35. The lowest BCUT2D eigenvalue weighted by molar-refractivity contribution is 0.107. The molecule has 0 aliphatic carbocycles. The third-order valence-corrected chi connectivity index (χ3v) is 12.1. The van der Waals surface area contributed by atoms with Gasteiger partial charge in [-0.05, 0) is 81.5 Å². The normalized spacial score (nSPS) is 23.9. The van der Waals surface area contributed by atoms with Crippen LogP contribution in [0.4, 0.5) is 11.5 Å². The van der Waals surface area contributed by atoms with Crippen molar-refractivity contribution in [3.63, 3.8) is 0 Å². The minimum atomic E-state index is -3.35. The number of fused-ring (bicyclic) bond motifs is 3. The number of aryl methyl sites for hydroxylation is 1. The van der Waals surface area contributed by atoms with Gasteiger partial charge in [-0.25, -0.2) is 8.42 Å². The fourth-order valence-electron chi connectivity index (χ4n) is 8.18. The van der Waals surface area contributed by atoms with Gasteiger partial charge in [0.2, 0.25) is 0 Å². The van der Waals surface area contributed by atoms with E-state index in [0.717, 1.165) is 62.4 Å². The van der Waals surface area contributed by atoms with Crippen molar-refractivity contribution in [1.29, 1.82) is 0 Å². The highest BCUT2D eigenvalue weighted by atomic mass is 32.2. The van der Waals surface area contributed by atoms with Gasteiger partial charge in [0.1, 0.15) is 12.4 Å². The van der Waals surface area contributed by atoms with Crippen LogP contribution in [0.5, 0.6) is 6.01 Å². The maximum absolute atomic E-state index is 12.7. The molecule has 10 heteroatoms. The zero-order valence-electron chi connectivity index (χ0n) is 26.0. The van der Waals surface area contributed by atoms with Crippen molar-refractivity contribution >= 4 is 32.1 Å². The average molecular weight is 620 g/mol. The summed E-state index contributed by atoms with van der Waals surface area (Å²) in [4.78, 5) is 17.2. The smallest absolute Gasteiger partial charge is 0.318 e. The molecule has 0 radical (unpaired) electrons. The van der Waals surface area contributed by atoms with Crippen LogP contribution in [0.3, 0.4) is 0 Å². The molecule has 3 aromatic rings. The molecule has 1 N–H and O–H groups in total. The SMILES string of the molecule is CCc1cccc2cccc(N3CCc4c(nc(OCC56CCCN5CCC6)nc4N4CCC(O)CC(S(C)(=O)=O)C4)C3)c12. The highest BCUT2D eigenvalue weighted by Gasteiger charge is 2.45. The Labute approximate surface area is 261 Å². The van der Waals surface area contributed by atoms with E-state index in [1.165, 1.54) is 41.1 Å². The number of aromatic nitrogens is 2. The van der Waals surface area contributed by atoms with E-state index in [0.29, 0.717) is 38.7 Å². The second-order valence-electron chi connectivity index (χ2n) is 13.4. The fraction of sp³-hybridized carbons (Fsp3) is 0.588. The molecule has 1 aromatic heterocycles. The molecule has 2 unspecified atom stereocenters. The van der Waals surface area contributed by atoms with Gasteiger partial charge in [0.25, 0.3) is 0 Å². The van der Waals surface area contributed by atoms with Crippen LogP contribution in [-0.4, -0.2) is 90.9 Å². The quantitative estimate of drug-likeness (QED) is 0.419. The van der Waals surface area contributed by atoms with Gasteiger partial charge in [0, 0.05) is 42.5 Å². The molecular formula is C34H45N5O4S. The number of sulfone groups is 1. The monoisotopic (exact) mass is 619 g/mol. The van der Waals surface area contributed by atoms with Crippen LogP contribution < -0.4 is 14.5 Å². The molecule has 3 saturated heterocycles. The molecular weight excluding hydrogens is 574 g/mol. The molecule has 2 aromatic carbocycles. The average Bonchev–Trinajstić information content (AvgIpc) is 3.53. The molecule has 4 aliphatic heterocycles. The van der Waals surface area contributed by atoms with Crippen molar-refractivity contribution in [3.8, 4) is 6.01 Å². The minimum absolute atomic E-state index is 0.0685. The summed E-state index contributed by atoms with van der Waals surface area (Å²) in [6.45, 7) is 7.32. The molecule has 0 spiro atoms. The topological polar surface area (TPSA) is 99.1 Å². The largest absolute Gasteiger partial charge is 0.461 e. The number of aliphatic hydroxyl groups is 1. The maximum Gasteiger partial charge on any atom is 0.318 e. The molecule has 9 nitrogen and oxygen atoms in total. The van der Waals surface area contributed by atoms with E-state index in [-0.39, 0.29) is 12.0 Å². The van der Waals surface area contributed by atoms with Gasteiger partial charge < -0.3 is 19.6 Å². The van der Waals surface area contributed by atoms with Crippen LogP contribution in [0, 0.1) is 0 Å². The molecule has 0 saturated carbocycles. The van der Waals surface area contributed by atoms with Crippen molar-refractivity contribution < 1.29 is 18.3 Å². The van der Waals surface area contributed by atoms with Crippen molar-refractivity contribution in [2.45, 2.75) is 81.7 Å². The van der Waals surface area contributed by atoms with E-state index < -0.39 is 21.2 Å². The minimum Gasteiger partial charge on any atom is -0.461 e. The molecule has 4 aliphatic rings. The fourth-order valence-corrected chi connectivity index (χ4v) is 9.20. The summed E-state index contributed by atoms with van der Waals surface area (Å²) in [5, 5.41) is 12.5. The highest BCUT2D eigenvalue weighted by Crippen LogP contribution is 2.40. The van der Waals surface area contributed by atoms with Gasteiger partial charge in [-0.15, -0.1) is 0 Å². The Morgan fingerprint density at radius 1 is 1.02 bits per heavy atom. The van der Waals surface area contributed by atoms with Crippen LogP contribution in [0.25, 0.3) is 10.8 Å². The van der Waals surface area contributed by atoms with E-state index in [2.05, 4.69) is 58.0 Å². The van der Waals surface area contributed by atoms with Gasteiger partial charge >= 0.3 is 6.01 Å². The van der Waals surface area contributed by atoms with Crippen LogP contribution in [0.15, 0.2) is 36.4 Å². The van der Waals surface area contributed by atoms with Gasteiger partial charge in [0.05, 0.1) is 29.1 Å². The molecule has 7 rings (SSSR count). The standard InChI is InChI=1S/C34H45N5O4S/c1-3-24-8-4-9-25-10-5-11-30(31(24)25)37-19-13-28-29(22-37)35-33(43-23-34-14-6-16-39(34)17-7-15-34)36-32(28)38-18-12-26(40)20-27(21-38)44(2,41)42/h4-5,8-11,26-27,40H,3,6-7,12-23H2,1-2H3. The number of hydrogen-bond donors (Lipinski definition) is 1. The van der Waals surface area contributed by atoms with Gasteiger partial charge in [-0.1, -0.05) is 37.3 Å². The Morgan fingerprint density at radius 2 is 1.80 bits per heavy atom. The Kier molecular flexibility index (Phi) is 7.95. The maximum atomic E-state index is 12.7. The molecule has 5 heterocycles. The zero-order valence-corrected chi connectivity index (χ0v) is 26.9. The molecule has 0 bridgehead atoms. The van der Waals surface area contributed by atoms with Crippen LogP contribution in [0.2, 0.25) is 0 Å². The number of ether oxygens (including phenoxy) is 1. The van der Waals surface area contributed by atoms with Crippen molar-refractivity contribution in [3.05, 3.63) is 53.2 Å². The van der Waals surface area contributed by atoms with Crippen LogP contribution in [-0.2, 0) is 29.2 Å². The second-order valence-corrected chi connectivity index (χ2v) is 15.7. The first-order valence-corrected chi connectivity index (χ1v) is 18.3. The predicted molar refractivity (Wildman–Crippen MR) is 174 cm³/mol. The number of rotatable bonds is 7. The predicted octanol–water partition coefficient (Wildman–Crippen LogP) is 4.14. The summed E-state index contributed by atoms with van der Waals surface area (Å²) in [5.74, 6) is 0.770. The zero-order chi connectivity index (χ0) is 30.5. The Hall–Kier alpha value is -2.95. The lowest BCUT2D eigenvalue weighted by Gasteiger charge is -2.35. The Bertz CT molecular complexity index is 1630. The van der Waals surface area contributed by atoms with Gasteiger partial charge in [-0.2, -0.15) is 9.97 Å². The van der Waals surface area contributed by atoms with E-state index in [1.807, 2.05) is 0 Å². The Balaban J connectivity index is 1.26.